The van der Waals surface area contributed by atoms with Gasteiger partial charge in [-0.3, -0.25) is 4.79 Å². The smallest absolute Gasteiger partial charge is 0.211 e. The lowest BCUT2D eigenvalue weighted by molar-refractivity contribution is -0.109. The summed E-state index contributed by atoms with van der Waals surface area (Å²) in [7, 11) is 1.80. The van der Waals surface area contributed by atoms with E-state index >= 15 is 0 Å². The van der Waals surface area contributed by atoms with E-state index in [1.807, 2.05) is 13.8 Å². The summed E-state index contributed by atoms with van der Waals surface area (Å²) in [5.41, 5.74) is 0.900. The first-order valence-electron chi connectivity index (χ1n) is 3.30. The Morgan fingerprint density at radius 3 is 2.40 bits per heavy atom. The molecular weight excluding hydrogens is 128 g/mol. The summed E-state index contributed by atoms with van der Waals surface area (Å²) in [5.74, 6) is 0.345. The maximum absolute atomic E-state index is 10.0. The number of rotatable bonds is 4. The molecule has 58 valence electrons. The topological polar surface area (TPSA) is 41.1 Å². The molecule has 0 aliphatic carbocycles. The third-order valence-corrected chi connectivity index (χ3v) is 1.15. The number of hydrogen-bond acceptors (Lipinski definition) is 2. The van der Waals surface area contributed by atoms with Crippen LogP contribution in [0.15, 0.2) is 11.9 Å². The third-order valence-electron chi connectivity index (χ3n) is 1.15. The van der Waals surface area contributed by atoms with E-state index in [0.717, 1.165) is 5.70 Å². The summed E-state index contributed by atoms with van der Waals surface area (Å²) >= 11 is 0. The zero-order chi connectivity index (χ0) is 7.98. The SMILES string of the molecule is CN/C=C(\NC=O)C(C)C. The van der Waals surface area contributed by atoms with Crippen LogP contribution in [0.3, 0.4) is 0 Å². The molecule has 0 radical (unpaired) electrons. The molecule has 3 heteroatoms. The van der Waals surface area contributed by atoms with Crippen LogP contribution in [-0.2, 0) is 4.79 Å². The fraction of sp³-hybridized carbons (Fsp3) is 0.571. The Morgan fingerprint density at radius 2 is 2.10 bits per heavy atom. The molecule has 0 fully saturated rings. The second kappa shape index (κ2) is 4.85. The van der Waals surface area contributed by atoms with Crippen LogP contribution in [0.1, 0.15) is 13.8 Å². The molecule has 10 heavy (non-hydrogen) atoms. The van der Waals surface area contributed by atoms with Gasteiger partial charge in [0, 0.05) is 18.9 Å². The van der Waals surface area contributed by atoms with E-state index in [-0.39, 0.29) is 0 Å². The van der Waals surface area contributed by atoms with E-state index in [1.165, 1.54) is 0 Å². The first-order chi connectivity index (χ1) is 4.72. The molecule has 0 heterocycles. The molecule has 0 atom stereocenters. The van der Waals surface area contributed by atoms with Gasteiger partial charge in [-0.2, -0.15) is 0 Å². The van der Waals surface area contributed by atoms with E-state index in [9.17, 15) is 4.79 Å². The quantitative estimate of drug-likeness (QED) is 0.559. The number of carbonyl (C=O) groups is 1. The second-order valence-electron chi connectivity index (χ2n) is 2.31. The van der Waals surface area contributed by atoms with Crippen LogP contribution >= 0.6 is 0 Å². The zero-order valence-corrected chi connectivity index (χ0v) is 6.64. The summed E-state index contributed by atoms with van der Waals surface area (Å²) in [6.45, 7) is 4.03. The molecule has 0 aromatic carbocycles. The highest BCUT2D eigenvalue weighted by Crippen LogP contribution is 2.02. The molecule has 2 N–H and O–H groups in total. The fourth-order valence-corrected chi connectivity index (χ4v) is 0.599. The van der Waals surface area contributed by atoms with Gasteiger partial charge in [0.15, 0.2) is 0 Å². The fourth-order valence-electron chi connectivity index (χ4n) is 0.599. The number of hydrogen-bond donors (Lipinski definition) is 2. The molecule has 0 aliphatic rings. The highest BCUT2D eigenvalue weighted by atomic mass is 16.1. The van der Waals surface area contributed by atoms with Gasteiger partial charge < -0.3 is 10.6 Å². The maximum atomic E-state index is 10.0. The predicted molar refractivity (Wildman–Crippen MR) is 41.2 cm³/mol. The number of amides is 1. The molecule has 1 amide bonds. The van der Waals surface area contributed by atoms with Gasteiger partial charge in [-0.25, -0.2) is 0 Å². The first kappa shape index (κ1) is 9.01. The van der Waals surface area contributed by atoms with Gasteiger partial charge in [-0.05, 0) is 5.92 Å². The van der Waals surface area contributed by atoms with Gasteiger partial charge >= 0.3 is 0 Å². The lowest BCUT2D eigenvalue weighted by Crippen LogP contribution is -2.17. The van der Waals surface area contributed by atoms with Crippen molar-refractivity contribution in [3.63, 3.8) is 0 Å². The molecular formula is C7H14N2O. The van der Waals surface area contributed by atoms with Crippen molar-refractivity contribution in [3.8, 4) is 0 Å². The predicted octanol–water partition coefficient (Wildman–Crippen LogP) is 0.449. The largest absolute Gasteiger partial charge is 0.393 e. The second-order valence-corrected chi connectivity index (χ2v) is 2.31. The third kappa shape index (κ3) is 3.12. The van der Waals surface area contributed by atoms with Gasteiger partial charge in [0.25, 0.3) is 0 Å². The molecule has 0 aromatic rings. The highest BCUT2D eigenvalue weighted by molar-refractivity contribution is 5.50. The van der Waals surface area contributed by atoms with Gasteiger partial charge in [0.05, 0.1) is 0 Å². The molecule has 0 unspecified atom stereocenters. The van der Waals surface area contributed by atoms with Crippen LogP contribution in [0.25, 0.3) is 0 Å². The Morgan fingerprint density at radius 1 is 1.50 bits per heavy atom. The Balaban J connectivity index is 3.96. The molecule has 0 rings (SSSR count). The lowest BCUT2D eigenvalue weighted by atomic mass is 10.1. The minimum atomic E-state index is 0.345. The van der Waals surface area contributed by atoms with E-state index in [0.29, 0.717) is 12.3 Å². The number of carbonyl (C=O) groups excluding carboxylic acids is 1. The highest BCUT2D eigenvalue weighted by Gasteiger charge is 1.99. The van der Waals surface area contributed by atoms with E-state index in [2.05, 4.69) is 10.6 Å². The van der Waals surface area contributed by atoms with Crippen LogP contribution in [0.4, 0.5) is 0 Å². The minimum absolute atomic E-state index is 0.345. The molecule has 0 aliphatic heterocycles. The Labute approximate surface area is 61.5 Å². The first-order valence-corrected chi connectivity index (χ1v) is 3.30. The van der Waals surface area contributed by atoms with Crippen LogP contribution in [0.2, 0.25) is 0 Å². The van der Waals surface area contributed by atoms with Crippen molar-refractivity contribution in [2.24, 2.45) is 5.92 Å². The van der Waals surface area contributed by atoms with E-state index < -0.39 is 0 Å². The average molecular weight is 142 g/mol. The summed E-state index contributed by atoms with van der Waals surface area (Å²) in [6.07, 6.45) is 2.46. The summed E-state index contributed by atoms with van der Waals surface area (Å²) in [4.78, 5) is 10.0. The van der Waals surface area contributed by atoms with Crippen molar-refractivity contribution in [2.45, 2.75) is 13.8 Å². The van der Waals surface area contributed by atoms with Crippen molar-refractivity contribution in [2.75, 3.05) is 7.05 Å². The molecule has 3 nitrogen and oxygen atoms in total. The van der Waals surface area contributed by atoms with Gasteiger partial charge in [-0.15, -0.1) is 0 Å². The van der Waals surface area contributed by atoms with Crippen molar-refractivity contribution < 1.29 is 4.79 Å². The Bertz CT molecular complexity index is 130. The normalized spacial score (nSPS) is 11.4. The summed E-state index contributed by atoms with van der Waals surface area (Å²) in [6, 6.07) is 0. The molecule has 0 spiro atoms. The number of allylic oxidation sites excluding steroid dienone is 1. The average Bonchev–Trinajstić information content (AvgIpc) is 1.87. The van der Waals surface area contributed by atoms with Crippen molar-refractivity contribution >= 4 is 6.41 Å². The van der Waals surface area contributed by atoms with Crippen LogP contribution in [-0.4, -0.2) is 13.5 Å². The van der Waals surface area contributed by atoms with Crippen molar-refractivity contribution in [1.29, 1.82) is 0 Å². The molecule has 0 bridgehead atoms. The number of nitrogens with one attached hydrogen (secondary N) is 2. The Kier molecular flexibility index (Phi) is 4.37. The van der Waals surface area contributed by atoms with Gasteiger partial charge in [-0.1, -0.05) is 13.8 Å². The Hall–Kier alpha value is -0.990. The maximum Gasteiger partial charge on any atom is 0.211 e. The van der Waals surface area contributed by atoms with Crippen LogP contribution in [0, 0.1) is 5.92 Å². The van der Waals surface area contributed by atoms with Gasteiger partial charge in [0.1, 0.15) is 0 Å². The van der Waals surface area contributed by atoms with E-state index in [1.54, 1.807) is 13.2 Å². The molecule has 0 saturated carbocycles. The van der Waals surface area contributed by atoms with Crippen LogP contribution < -0.4 is 10.6 Å². The monoisotopic (exact) mass is 142 g/mol. The standard InChI is InChI=1S/C7H14N2O/c1-6(2)7(4-8-3)9-5-10/h4-6,8H,1-3H3,(H,9,10)/b7-4-. The lowest BCUT2D eigenvalue weighted by Gasteiger charge is -2.08. The summed E-state index contributed by atoms with van der Waals surface area (Å²) < 4.78 is 0. The van der Waals surface area contributed by atoms with Gasteiger partial charge in [0.2, 0.25) is 6.41 Å². The van der Waals surface area contributed by atoms with Crippen LogP contribution in [0.5, 0.6) is 0 Å². The summed E-state index contributed by atoms with van der Waals surface area (Å²) in [5, 5.41) is 5.45. The zero-order valence-electron chi connectivity index (χ0n) is 6.64. The molecule has 0 saturated heterocycles. The van der Waals surface area contributed by atoms with Crippen molar-refractivity contribution in [1.82, 2.24) is 10.6 Å². The van der Waals surface area contributed by atoms with Crippen molar-refractivity contribution in [3.05, 3.63) is 11.9 Å². The molecule has 0 aromatic heterocycles. The minimum Gasteiger partial charge on any atom is -0.393 e. The van der Waals surface area contributed by atoms with E-state index in [4.69, 9.17) is 0 Å².